The predicted octanol–water partition coefficient (Wildman–Crippen LogP) is 1.87. The molecular formula is C16H27N3O2. The second-order valence-electron chi connectivity index (χ2n) is 6.34. The number of aliphatic hydroxyl groups is 1. The molecule has 2 heterocycles. The summed E-state index contributed by atoms with van der Waals surface area (Å²) in [5.74, 6) is 0.473. The third kappa shape index (κ3) is 3.47. The molecule has 0 amide bonds. The lowest BCUT2D eigenvalue weighted by Crippen LogP contribution is -2.41. The van der Waals surface area contributed by atoms with Gasteiger partial charge in [0.05, 0.1) is 18.4 Å². The minimum atomic E-state index is -0.171. The minimum Gasteiger partial charge on any atom is -0.392 e. The monoisotopic (exact) mass is 293 g/mol. The fourth-order valence-electron chi connectivity index (χ4n) is 3.60. The standard InChI is InChI=1S/C16H27N3O2/c1-2-19-11-13(10-18-19)16-12(5-4-8-21-16)9-17-14-6-3-7-15(14)20/h10-12,14-17,20H,2-9H2,1H3/t12-,14+,15+,16+/m0/s1. The van der Waals surface area contributed by atoms with Gasteiger partial charge >= 0.3 is 0 Å². The molecule has 5 heteroatoms. The first kappa shape index (κ1) is 15.0. The Labute approximate surface area is 126 Å². The van der Waals surface area contributed by atoms with Crippen molar-refractivity contribution < 1.29 is 9.84 Å². The Hall–Kier alpha value is -0.910. The number of aliphatic hydroxyl groups excluding tert-OH is 1. The second-order valence-corrected chi connectivity index (χ2v) is 6.34. The van der Waals surface area contributed by atoms with Crippen molar-refractivity contribution in [1.82, 2.24) is 15.1 Å². The van der Waals surface area contributed by atoms with Crippen molar-refractivity contribution >= 4 is 0 Å². The third-order valence-corrected chi connectivity index (χ3v) is 4.87. The van der Waals surface area contributed by atoms with E-state index in [9.17, 15) is 5.11 Å². The summed E-state index contributed by atoms with van der Waals surface area (Å²) in [4.78, 5) is 0. The van der Waals surface area contributed by atoms with Crippen LogP contribution < -0.4 is 5.32 Å². The Morgan fingerprint density at radius 3 is 3.00 bits per heavy atom. The van der Waals surface area contributed by atoms with E-state index in [0.29, 0.717) is 5.92 Å². The van der Waals surface area contributed by atoms with Crippen molar-refractivity contribution in [2.24, 2.45) is 5.92 Å². The normalized spacial score (nSPS) is 33.4. The average molecular weight is 293 g/mol. The van der Waals surface area contributed by atoms with E-state index in [2.05, 4.69) is 23.5 Å². The second kappa shape index (κ2) is 6.90. The van der Waals surface area contributed by atoms with Gasteiger partial charge in [-0.1, -0.05) is 0 Å². The molecule has 2 N–H and O–H groups in total. The number of nitrogens with zero attached hydrogens (tertiary/aromatic N) is 2. The molecule has 3 rings (SSSR count). The molecule has 2 fully saturated rings. The van der Waals surface area contributed by atoms with Gasteiger partial charge < -0.3 is 15.2 Å². The number of nitrogens with one attached hydrogen (secondary N) is 1. The molecule has 1 aromatic rings. The van der Waals surface area contributed by atoms with Gasteiger partial charge in [0.1, 0.15) is 0 Å². The number of ether oxygens (including phenoxy) is 1. The molecule has 0 radical (unpaired) electrons. The van der Waals surface area contributed by atoms with Gasteiger partial charge in [0.2, 0.25) is 0 Å². The molecule has 0 spiro atoms. The predicted molar refractivity (Wildman–Crippen MR) is 81.0 cm³/mol. The number of hydrogen-bond acceptors (Lipinski definition) is 4. The molecule has 4 atom stereocenters. The summed E-state index contributed by atoms with van der Waals surface area (Å²) in [7, 11) is 0. The highest BCUT2D eigenvalue weighted by Gasteiger charge is 2.31. The first-order valence-corrected chi connectivity index (χ1v) is 8.33. The molecule has 1 saturated carbocycles. The van der Waals surface area contributed by atoms with Gasteiger partial charge in [-0.15, -0.1) is 0 Å². The number of aryl methyl sites for hydroxylation is 1. The van der Waals surface area contributed by atoms with Crippen LogP contribution in [0.1, 0.15) is 50.7 Å². The highest BCUT2D eigenvalue weighted by atomic mass is 16.5. The van der Waals surface area contributed by atoms with E-state index in [1.807, 2.05) is 10.9 Å². The Morgan fingerprint density at radius 2 is 2.29 bits per heavy atom. The smallest absolute Gasteiger partial charge is 0.0895 e. The van der Waals surface area contributed by atoms with Crippen LogP contribution in [0.3, 0.4) is 0 Å². The number of hydrogen-bond donors (Lipinski definition) is 2. The van der Waals surface area contributed by atoms with Crippen molar-refractivity contribution in [3.05, 3.63) is 18.0 Å². The van der Waals surface area contributed by atoms with Crippen LogP contribution in [0.4, 0.5) is 0 Å². The van der Waals surface area contributed by atoms with Gasteiger partial charge in [0.25, 0.3) is 0 Å². The topological polar surface area (TPSA) is 59.3 Å². The van der Waals surface area contributed by atoms with Gasteiger partial charge in [-0.25, -0.2) is 0 Å². The summed E-state index contributed by atoms with van der Waals surface area (Å²) in [6, 6.07) is 0.269. The lowest BCUT2D eigenvalue weighted by Gasteiger charge is -2.32. The maximum absolute atomic E-state index is 9.93. The molecule has 1 aromatic heterocycles. The van der Waals surface area contributed by atoms with E-state index in [-0.39, 0.29) is 18.2 Å². The number of rotatable bonds is 5. The molecule has 118 valence electrons. The van der Waals surface area contributed by atoms with Crippen molar-refractivity contribution in [2.45, 2.75) is 63.8 Å². The van der Waals surface area contributed by atoms with E-state index in [0.717, 1.165) is 45.4 Å². The van der Waals surface area contributed by atoms with Gasteiger partial charge in [0, 0.05) is 43.4 Å². The van der Waals surface area contributed by atoms with Crippen LogP contribution in [0.5, 0.6) is 0 Å². The SMILES string of the molecule is CCn1cc([C@@H]2OCCC[C@H]2CN[C@@H]2CCC[C@H]2O)cn1. The Balaban J connectivity index is 1.61. The van der Waals surface area contributed by atoms with Gasteiger partial charge in [0.15, 0.2) is 0 Å². The quantitative estimate of drug-likeness (QED) is 0.870. The van der Waals surface area contributed by atoms with Crippen LogP contribution in [0.25, 0.3) is 0 Å². The fourth-order valence-corrected chi connectivity index (χ4v) is 3.60. The van der Waals surface area contributed by atoms with Crippen LogP contribution in [0, 0.1) is 5.92 Å². The molecule has 1 saturated heterocycles. The number of aromatic nitrogens is 2. The first-order valence-electron chi connectivity index (χ1n) is 8.33. The van der Waals surface area contributed by atoms with Gasteiger partial charge in [-0.3, -0.25) is 4.68 Å². The zero-order valence-electron chi connectivity index (χ0n) is 12.9. The summed E-state index contributed by atoms with van der Waals surface area (Å²) < 4.78 is 7.98. The zero-order chi connectivity index (χ0) is 14.7. The van der Waals surface area contributed by atoms with E-state index in [1.54, 1.807) is 0 Å². The van der Waals surface area contributed by atoms with Crippen LogP contribution in [0.2, 0.25) is 0 Å². The Kier molecular flexibility index (Phi) is 4.93. The highest BCUT2D eigenvalue weighted by molar-refractivity contribution is 5.11. The van der Waals surface area contributed by atoms with Crippen molar-refractivity contribution in [1.29, 1.82) is 0 Å². The van der Waals surface area contributed by atoms with Crippen LogP contribution in [-0.4, -0.2) is 40.2 Å². The van der Waals surface area contributed by atoms with Crippen molar-refractivity contribution in [3.8, 4) is 0 Å². The summed E-state index contributed by atoms with van der Waals surface area (Å²) in [6.07, 6.45) is 9.48. The van der Waals surface area contributed by atoms with Gasteiger partial charge in [-0.05, 0) is 39.0 Å². The minimum absolute atomic E-state index is 0.144. The summed E-state index contributed by atoms with van der Waals surface area (Å²) in [5, 5.41) is 17.9. The molecule has 5 nitrogen and oxygen atoms in total. The van der Waals surface area contributed by atoms with Crippen molar-refractivity contribution in [2.75, 3.05) is 13.2 Å². The average Bonchev–Trinajstić information content (AvgIpc) is 3.14. The lowest BCUT2D eigenvalue weighted by atomic mass is 9.90. The van der Waals surface area contributed by atoms with Crippen LogP contribution >= 0.6 is 0 Å². The molecule has 0 bridgehead atoms. The van der Waals surface area contributed by atoms with E-state index < -0.39 is 0 Å². The zero-order valence-corrected chi connectivity index (χ0v) is 12.9. The largest absolute Gasteiger partial charge is 0.392 e. The third-order valence-electron chi connectivity index (χ3n) is 4.87. The molecule has 2 aliphatic rings. The van der Waals surface area contributed by atoms with Crippen LogP contribution in [-0.2, 0) is 11.3 Å². The molecule has 0 unspecified atom stereocenters. The fraction of sp³-hybridized carbons (Fsp3) is 0.812. The van der Waals surface area contributed by atoms with E-state index >= 15 is 0 Å². The summed E-state index contributed by atoms with van der Waals surface area (Å²) >= 11 is 0. The first-order chi connectivity index (χ1) is 10.3. The van der Waals surface area contributed by atoms with Gasteiger partial charge in [-0.2, -0.15) is 5.10 Å². The molecule has 1 aliphatic carbocycles. The maximum atomic E-state index is 9.93. The van der Waals surface area contributed by atoms with E-state index in [1.165, 1.54) is 12.0 Å². The molecule has 1 aliphatic heterocycles. The molecule has 0 aromatic carbocycles. The molecular weight excluding hydrogens is 266 g/mol. The molecule has 21 heavy (non-hydrogen) atoms. The van der Waals surface area contributed by atoms with Crippen LogP contribution in [0.15, 0.2) is 12.4 Å². The Bertz CT molecular complexity index is 448. The van der Waals surface area contributed by atoms with E-state index in [4.69, 9.17) is 4.74 Å². The highest BCUT2D eigenvalue weighted by Crippen LogP contribution is 2.33. The van der Waals surface area contributed by atoms with Crippen molar-refractivity contribution in [3.63, 3.8) is 0 Å². The lowest BCUT2D eigenvalue weighted by molar-refractivity contribution is -0.0295. The summed E-state index contributed by atoms with van der Waals surface area (Å²) in [5.41, 5.74) is 1.19. The Morgan fingerprint density at radius 1 is 1.38 bits per heavy atom. The maximum Gasteiger partial charge on any atom is 0.0895 e. The summed E-state index contributed by atoms with van der Waals surface area (Å²) in [6.45, 7) is 4.75.